The van der Waals surface area contributed by atoms with Gasteiger partial charge in [0.1, 0.15) is 5.82 Å². The Morgan fingerprint density at radius 2 is 1.94 bits per heavy atom. The topological polar surface area (TPSA) is 61.4 Å². The van der Waals surface area contributed by atoms with Gasteiger partial charge in [0.25, 0.3) is 0 Å². The van der Waals surface area contributed by atoms with Crippen LogP contribution in [0.2, 0.25) is 0 Å². The van der Waals surface area contributed by atoms with Gasteiger partial charge in [0.05, 0.1) is 0 Å². The molecule has 1 rings (SSSR count). The molecule has 2 amide bonds. The second kappa shape index (κ2) is 6.20. The summed E-state index contributed by atoms with van der Waals surface area (Å²) in [5.74, 6) is -0.368. The summed E-state index contributed by atoms with van der Waals surface area (Å²) in [4.78, 5) is 11.5. The van der Waals surface area contributed by atoms with Crippen molar-refractivity contribution < 1.29 is 14.3 Å². The lowest BCUT2D eigenvalue weighted by molar-refractivity contribution is 0.204. The van der Waals surface area contributed by atoms with E-state index in [0.717, 1.165) is 0 Å². The third kappa shape index (κ3) is 4.40. The van der Waals surface area contributed by atoms with Crippen molar-refractivity contribution in [3.8, 4) is 0 Å². The lowest BCUT2D eigenvalue weighted by Gasteiger charge is -2.19. The van der Waals surface area contributed by atoms with Crippen molar-refractivity contribution in [2.24, 2.45) is 5.92 Å². The number of carbonyl (C=O) groups excluding carboxylic acids is 1. The highest BCUT2D eigenvalue weighted by Gasteiger charge is 2.13. The molecule has 17 heavy (non-hydrogen) atoms. The van der Waals surface area contributed by atoms with Gasteiger partial charge in [-0.1, -0.05) is 6.92 Å². The molecule has 0 aliphatic rings. The van der Waals surface area contributed by atoms with Crippen LogP contribution < -0.4 is 10.6 Å². The Labute approximate surface area is 99.8 Å². The van der Waals surface area contributed by atoms with Gasteiger partial charge in [-0.05, 0) is 37.1 Å². The molecule has 2 unspecified atom stereocenters. The fourth-order valence-electron chi connectivity index (χ4n) is 1.21. The number of amides is 2. The average molecular weight is 240 g/mol. The smallest absolute Gasteiger partial charge is 0.319 e. The first kappa shape index (κ1) is 13.4. The van der Waals surface area contributed by atoms with Crippen molar-refractivity contribution in [1.82, 2.24) is 5.32 Å². The minimum Gasteiger partial charge on any atom is -0.396 e. The summed E-state index contributed by atoms with van der Waals surface area (Å²) in [6.45, 7) is 3.66. The van der Waals surface area contributed by atoms with E-state index in [-0.39, 0.29) is 30.4 Å². The Bertz CT molecular complexity index is 367. The summed E-state index contributed by atoms with van der Waals surface area (Å²) in [7, 11) is 0. The number of halogens is 1. The molecule has 0 aromatic heterocycles. The van der Waals surface area contributed by atoms with E-state index in [2.05, 4.69) is 10.6 Å². The molecule has 4 nitrogen and oxygen atoms in total. The summed E-state index contributed by atoms with van der Waals surface area (Å²) in [6.07, 6.45) is 0. The van der Waals surface area contributed by atoms with Crippen LogP contribution >= 0.6 is 0 Å². The lowest BCUT2D eigenvalue weighted by Crippen LogP contribution is -2.40. The largest absolute Gasteiger partial charge is 0.396 e. The van der Waals surface area contributed by atoms with Crippen LogP contribution in [0, 0.1) is 11.7 Å². The van der Waals surface area contributed by atoms with Crippen LogP contribution in [0.25, 0.3) is 0 Å². The van der Waals surface area contributed by atoms with Gasteiger partial charge in [-0.15, -0.1) is 0 Å². The molecule has 2 atom stereocenters. The maximum absolute atomic E-state index is 12.6. The minimum absolute atomic E-state index is 0.0119. The third-order valence-electron chi connectivity index (χ3n) is 2.60. The number of carbonyl (C=O) groups is 1. The highest BCUT2D eigenvalue weighted by atomic mass is 19.1. The number of anilines is 1. The molecule has 0 aliphatic carbocycles. The fraction of sp³-hybridized carbons (Fsp3) is 0.417. The Balaban J connectivity index is 2.47. The van der Waals surface area contributed by atoms with E-state index in [1.165, 1.54) is 24.3 Å². The van der Waals surface area contributed by atoms with Crippen LogP contribution in [0.5, 0.6) is 0 Å². The molecule has 0 spiro atoms. The predicted octanol–water partition coefficient (Wildman–Crippen LogP) is 1.96. The van der Waals surface area contributed by atoms with Crippen molar-refractivity contribution in [3.05, 3.63) is 30.1 Å². The molecular formula is C12H17FN2O2. The molecule has 0 heterocycles. The lowest BCUT2D eigenvalue weighted by atomic mass is 10.1. The number of hydrogen-bond donors (Lipinski definition) is 3. The summed E-state index contributed by atoms with van der Waals surface area (Å²) < 4.78 is 12.6. The number of nitrogens with one attached hydrogen (secondary N) is 2. The maximum atomic E-state index is 12.6. The molecular weight excluding hydrogens is 223 g/mol. The van der Waals surface area contributed by atoms with Crippen molar-refractivity contribution in [2.75, 3.05) is 11.9 Å². The van der Waals surface area contributed by atoms with E-state index in [1.54, 1.807) is 0 Å². The Kier molecular flexibility index (Phi) is 4.90. The molecule has 0 aliphatic heterocycles. The molecule has 1 aromatic carbocycles. The summed E-state index contributed by atoms with van der Waals surface area (Å²) >= 11 is 0. The van der Waals surface area contributed by atoms with E-state index < -0.39 is 0 Å². The molecule has 0 bridgehead atoms. The van der Waals surface area contributed by atoms with Crippen LogP contribution in [0.15, 0.2) is 24.3 Å². The Hall–Kier alpha value is -1.62. The molecule has 3 N–H and O–H groups in total. The maximum Gasteiger partial charge on any atom is 0.319 e. The number of benzene rings is 1. The highest BCUT2D eigenvalue weighted by Crippen LogP contribution is 2.08. The summed E-state index contributed by atoms with van der Waals surface area (Å²) in [5.41, 5.74) is 0.521. The molecule has 94 valence electrons. The van der Waals surface area contributed by atoms with Gasteiger partial charge in [0.15, 0.2) is 0 Å². The normalized spacial score (nSPS) is 13.9. The van der Waals surface area contributed by atoms with Crippen LogP contribution in [0.1, 0.15) is 13.8 Å². The Morgan fingerprint density at radius 1 is 1.35 bits per heavy atom. The van der Waals surface area contributed by atoms with Gasteiger partial charge in [0, 0.05) is 18.3 Å². The Morgan fingerprint density at radius 3 is 2.47 bits per heavy atom. The quantitative estimate of drug-likeness (QED) is 0.753. The molecule has 5 heteroatoms. The van der Waals surface area contributed by atoms with Crippen molar-refractivity contribution in [2.45, 2.75) is 19.9 Å². The number of hydrogen-bond acceptors (Lipinski definition) is 2. The number of aliphatic hydroxyl groups is 1. The number of rotatable bonds is 4. The van der Waals surface area contributed by atoms with Crippen molar-refractivity contribution in [1.29, 1.82) is 0 Å². The molecule has 0 saturated carbocycles. The molecule has 1 aromatic rings. The monoisotopic (exact) mass is 240 g/mol. The zero-order valence-corrected chi connectivity index (χ0v) is 9.90. The fourth-order valence-corrected chi connectivity index (χ4v) is 1.21. The predicted molar refractivity (Wildman–Crippen MR) is 64.3 cm³/mol. The average Bonchev–Trinajstić information content (AvgIpc) is 2.30. The van der Waals surface area contributed by atoms with Gasteiger partial charge >= 0.3 is 6.03 Å². The SMILES string of the molecule is CC(CO)C(C)NC(=O)Nc1ccc(F)cc1. The van der Waals surface area contributed by atoms with E-state index in [4.69, 9.17) is 5.11 Å². The zero-order chi connectivity index (χ0) is 12.8. The van der Waals surface area contributed by atoms with Crippen molar-refractivity contribution in [3.63, 3.8) is 0 Å². The van der Waals surface area contributed by atoms with E-state index in [0.29, 0.717) is 5.69 Å². The van der Waals surface area contributed by atoms with Gasteiger partial charge in [-0.3, -0.25) is 0 Å². The van der Waals surface area contributed by atoms with Gasteiger partial charge in [-0.25, -0.2) is 9.18 Å². The molecule has 0 radical (unpaired) electrons. The number of urea groups is 1. The standard InChI is InChI=1S/C12H17FN2O2/c1-8(7-16)9(2)14-12(17)15-11-5-3-10(13)4-6-11/h3-6,8-9,16H,7H2,1-2H3,(H2,14,15,17). The van der Waals surface area contributed by atoms with E-state index in [1.807, 2.05) is 13.8 Å². The summed E-state index contributed by atoms with van der Waals surface area (Å²) in [6, 6.07) is 5.00. The summed E-state index contributed by atoms with van der Waals surface area (Å²) in [5, 5.41) is 14.2. The zero-order valence-electron chi connectivity index (χ0n) is 9.90. The highest BCUT2D eigenvalue weighted by molar-refractivity contribution is 5.89. The van der Waals surface area contributed by atoms with Crippen LogP contribution in [-0.4, -0.2) is 23.8 Å². The van der Waals surface area contributed by atoms with Gasteiger partial charge < -0.3 is 15.7 Å². The second-order valence-corrected chi connectivity index (χ2v) is 4.05. The van der Waals surface area contributed by atoms with E-state index in [9.17, 15) is 9.18 Å². The van der Waals surface area contributed by atoms with Crippen LogP contribution in [0.4, 0.5) is 14.9 Å². The van der Waals surface area contributed by atoms with Crippen LogP contribution in [-0.2, 0) is 0 Å². The third-order valence-corrected chi connectivity index (χ3v) is 2.60. The minimum atomic E-state index is -0.371. The second-order valence-electron chi connectivity index (χ2n) is 4.05. The first-order chi connectivity index (χ1) is 8.02. The van der Waals surface area contributed by atoms with Gasteiger partial charge in [-0.2, -0.15) is 0 Å². The van der Waals surface area contributed by atoms with E-state index >= 15 is 0 Å². The first-order valence-corrected chi connectivity index (χ1v) is 5.47. The molecule has 0 fully saturated rings. The van der Waals surface area contributed by atoms with Gasteiger partial charge in [0.2, 0.25) is 0 Å². The molecule has 0 saturated heterocycles. The van der Waals surface area contributed by atoms with Crippen molar-refractivity contribution >= 4 is 11.7 Å². The first-order valence-electron chi connectivity index (χ1n) is 5.47. The van der Waals surface area contributed by atoms with Crippen LogP contribution in [0.3, 0.4) is 0 Å². The number of aliphatic hydroxyl groups excluding tert-OH is 1.